The highest BCUT2D eigenvalue weighted by molar-refractivity contribution is 7.13. The molecule has 1 aliphatic heterocycles. The fourth-order valence-electron chi connectivity index (χ4n) is 1.65. The van der Waals surface area contributed by atoms with Crippen molar-refractivity contribution < 1.29 is 19.4 Å². The van der Waals surface area contributed by atoms with Crippen LogP contribution in [0.3, 0.4) is 0 Å². The summed E-state index contributed by atoms with van der Waals surface area (Å²) in [5.74, 6) is -1.33. The molecular formula is C10H12N2O4S. The van der Waals surface area contributed by atoms with E-state index in [2.05, 4.69) is 4.98 Å². The van der Waals surface area contributed by atoms with E-state index in [1.165, 1.54) is 22.4 Å². The number of aromatic nitrogens is 1. The molecule has 0 aromatic carbocycles. The number of hydrogen-bond acceptors (Lipinski definition) is 5. The van der Waals surface area contributed by atoms with E-state index in [4.69, 9.17) is 9.84 Å². The van der Waals surface area contributed by atoms with Gasteiger partial charge in [-0.05, 0) is 6.92 Å². The van der Waals surface area contributed by atoms with Crippen molar-refractivity contribution in [1.82, 2.24) is 9.88 Å². The molecule has 1 N–H and O–H groups in total. The third-order valence-electron chi connectivity index (χ3n) is 2.51. The first-order valence-corrected chi connectivity index (χ1v) is 5.95. The molecule has 2 rings (SSSR count). The van der Waals surface area contributed by atoms with Crippen LogP contribution in [-0.4, -0.2) is 52.7 Å². The number of carboxylic acids is 1. The Balaban J connectivity index is 2.19. The van der Waals surface area contributed by atoms with Crippen LogP contribution in [0.25, 0.3) is 0 Å². The van der Waals surface area contributed by atoms with Gasteiger partial charge < -0.3 is 14.7 Å². The van der Waals surface area contributed by atoms with Crippen LogP contribution in [0.1, 0.15) is 14.7 Å². The number of nitrogens with zero attached hydrogens (tertiary/aromatic N) is 2. The van der Waals surface area contributed by atoms with Gasteiger partial charge in [-0.25, -0.2) is 9.78 Å². The van der Waals surface area contributed by atoms with E-state index >= 15 is 0 Å². The molecule has 1 saturated heterocycles. The summed E-state index contributed by atoms with van der Waals surface area (Å²) < 4.78 is 5.08. The van der Waals surface area contributed by atoms with E-state index in [1.807, 2.05) is 0 Å². The number of thiazole rings is 1. The van der Waals surface area contributed by atoms with Gasteiger partial charge in [-0.1, -0.05) is 0 Å². The first kappa shape index (κ1) is 12.0. The zero-order valence-corrected chi connectivity index (χ0v) is 10.1. The van der Waals surface area contributed by atoms with Crippen molar-refractivity contribution in [3.05, 3.63) is 16.1 Å². The Morgan fingerprint density at radius 3 is 3.00 bits per heavy atom. The summed E-state index contributed by atoms with van der Waals surface area (Å²) >= 11 is 1.27. The first-order valence-electron chi connectivity index (χ1n) is 5.13. The fourth-order valence-corrected chi connectivity index (χ4v) is 2.39. The molecule has 0 spiro atoms. The van der Waals surface area contributed by atoms with E-state index in [-0.39, 0.29) is 12.5 Å². The Morgan fingerprint density at radius 2 is 2.41 bits per heavy atom. The molecule has 0 saturated carbocycles. The zero-order valence-electron chi connectivity index (χ0n) is 9.25. The monoisotopic (exact) mass is 256 g/mol. The average molecular weight is 256 g/mol. The molecule has 1 fully saturated rings. The number of amides is 1. The van der Waals surface area contributed by atoms with Gasteiger partial charge in [0, 0.05) is 6.54 Å². The van der Waals surface area contributed by atoms with Gasteiger partial charge in [0.25, 0.3) is 5.91 Å². The van der Waals surface area contributed by atoms with Gasteiger partial charge >= 0.3 is 5.97 Å². The maximum absolute atomic E-state index is 12.1. The minimum atomic E-state index is -1.04. The third-order valence-corrected chi connectivity index (χ3v) is 3.41. The lowest BCUT2D eigenvalue weighted by Gasteiger charge is -2.32. The Kier molecular flexibility index (Phi) is 3.39. The summed E-state index contributed by atoms with van der Waals surface area (Å²) in [6.07, 6.45) is 1.48. The van der Waals surface area contributed by atoms with Crippen LogP contribution >= 0.6 is 11.3 Å². The van der Waals surface area contributed by atoms with Crippen molar-refractivity contribution in [3.63, 3.8) is 0 Å². The third kappa shape index (κ3) is 2.45. The van der Waals surface area contributed by atoms with Crippen molar-refractivity contribution in [2.75, 3.05) is 19.8 Å². The second kappa shape index (κ2) is 4.80. The molecule has 1 unspecified atom stereocenters. The minimum absolute atomic E-state index is 0.0405. The molecular weight excluding hydrogens is 244 g/mol. The second-order valence-electron chi connectivity index (χ2n) is 3.67. The number of ether oxygens (including phenoxy) is 1. The molecule has 1 aromatic rings. The quantitative estimate of drug-likeness (QED) is 0.827. The maximum Gasteiger partial charge on any atom is 0.328 e. The van der Waals surface area contributed by atoms with Crippen molar-refractivity contribution in [2.45, 2.75) is 13.0 Å². The Labute approximate surface area is 102 Å². The summed E-state index contributed by atoms with van der Waals surface area (Å²) in [7, 11) is 0. The molecule has 0 radical (unpaired) electrons. The lowest BCUT2D eigenvalue weighted by molar-refractivity contribution is -0.147. The highest BCUT2D eigenvalue weighted by atomic mass is 32.1. The number of morpholine rings is 1. The molecule has 7 heteroatoms. The Morgan fingerprint density at radius 1 is 1.65 bits per heavy atom. The van der Waals surface area contributed by atoms with E-state index in [0.29, 0.717) is 18.0 Å². The lowest BCUT2D eigenvalue weighted by Crippen LogP contribution is -2.52. The Bertz CT molecular complexity index is 445. The van der Waals surface area contributed by atoms with Crippen LogP contribution in [0.2, 0.25) is 0 Å². The first-order chi connectivity index (χ1) is 8.09. The van der Waals surface area contributed by atoms with E-state index in [1.54, 1.807) is 6.92 Å². The predicted molar refractivity (Wildman–Crippen MR) is 60.1 cm³/mol. The van der Waals surface area contributed by atoms with Crippen molar-refractivity contribution in [2.24, 2.45) is 0 Å². The molecule has 1 aliphatic rings. The average Bonchev–Trinajstić information content (AvgIpc) is 2.75. The molecule has 17 heavy (non-hydrogen) atoms. The smallest absolute Gasteiger partial charge is 0.328 e. The van der Waals surface area contributed by atoms with Gasteiger partial charge in [-0.3, -0.25) is 4.79 Å². The highest BCUT2D eigenvalue weighted by Gasteiger charge is 2.33. The molecule has 2 heterocycles. The highest BCUT2D eigenvalue weighted by Crippen LogP contribution is 2.17. The number of carbonyl (C=O) groups excluding carboxylic acids is 1. The Hall–Kier alpha value is -1.47. The van der Waals surface area contributed by atoms with Gasteiger partial charge in [-0.15, -0.1) is 11.3 Å². The van der Waals surface area contributed by atoms with Gasteiger partial charge in [0.05, 0.1) is 24.4 Å². The van der Waals surface area contributed by atoms with E-state index in [9.17, 15) is 9.59 Å². The SMILES string of the molecule is Cc1ncc(C(=O)N2CCOCC2C(=O)O)s1. The number of aryl methyl sites for hydroxylation is 1. The number of hydrogen-bond donors (Lipinski definition) is 1. The van der Waals surface area contributed by atoms with Crippen LogP contribution in [0.15, 0.2) is 6.20 Å². The van der Waals surface area contributed by atoms with Crippen LogP contribution in [0.5, 0.6) is 0 Å². The van der Waals surface area contributed by atoms with E-state index in [0.717, 1.165) is 5.01 Å². The normalized spacial score (nSPS) is 20.3. The van der Waals surface area contributed by atoms with Gasteiger partial charge in [0.2, 0.25) is 0 Å². The van der Waals surface area contributed by atoms with Crippen LogP contribution < -0.4 is 0 Å². The fraction of sp³-hybridized carbons (Fsp3) is 0.500. The van der Waals surface area contributed by atoms with Crippen molar-refractivity contribution >= 4 is 23.2 Å². The molecule has 92 valence electrons. The van der Waals surface area contributed by atoms with E-state index < -0.39 is 12.0 Å². The molecule has 1 amide bonds. The maximum atomic E-state index is 12.1. The molecule has 0 bridgehead atoms. The van der Waals surface area contributed by atoms with Crippen LogP contribution in [0, 0.1) is 6.92 Å². The van der Waals surface area contributed by atoms with Crippen LogP contribution in [0.4, 0.5) is 0 Å². The minimum Gasteiger partial charge on any atom is -0.480 e. The summed E-state index contributed by atoms with van der Waals surface area (Å²) in [4.78, 5) is 28.9. The van der Waals surface area contributed by atoms with Gasteiger partial charge in [0.15, 0.2) is 6.04 Å². The van der Waals surface area contributed by atoms with Crippen LogP contribution in [-0.2, 0) is 9.53 Å². The van der Waals surface area contributed by atoms with Crippen molar-refractivity contribution in [3.8, 4) is 0 Å². The standard InChI is InChI=1S/C10H12N2O4S/c1-6-11-4-8(17-6)9(13)12-2-3-16-5-7(12)10(14)15/h4,7H,2-3,5H2,1H3,(H,14,15). The van der Waals surface area contributed by atoms with Gasteiger partial charge in [0.1, 0.15) is 4.88 Å². The lowest BCUT2D eigenvalue weighted by atomic mass is 10.2. The summed E-state index contributed by atoms with van der Waals surface area (Å²) in [6.45, 7) is 2.51. The number of aliphatic carboxylic acids is 1. The second-order valence-corrected chi connectivity index (χ2v) is 4.91. The molecule has 0 aliphatic carbocycles. The number of rotatable bonds is 2. The summed E-state index contributed by atoms with van der Waals surface area (Å²) in [6, 6.07) is -0.904. The van der Waals surface area contributed by atoms with Crippen molar-refractivity contribution in [1.29, 1.82) is 0 Å². The number of carbonyl (C=O) groups is 2. The predicted octanol–water partition coefficient (Wildman–Crippen LogP) is 0.377. The summed E-state index contributed by atoms with van der Waals surface area (Å²) in [5.41, 5.74) is 0. The summed E-state index contributed by atoms with van der Waals surface area (Å²) in [5, 5.41) is 9.81. The number of carboxylic acid groups (broad SMARTS) is 1. The molecule has 1 atom stereocenters. The molecule has 6 nitrogen and oxygen atoms in total. The zero-order chi connectivity index (χ0) is 12.4. The largest absolute Gasteiger partial charge is 0.480 e. The molecule has 1 aromatic heterocycles. The topological polar surface area (TPSA) is 79.7 Å². The van der Waals surface area contributed by atoms with Gasteiger partial charge in [-0.2, -0.15) is 0 Å².